The first kappa shape index (κ1) is 24.4. The van der Waals surface area contributed by atoms with Crippen molar-refractivity contribution in [2.75, 3.05) is 38.3 Å². The van der Waals surface area contributed by atoms with E-state index in [1.165, 1.54) is 20.9 Å². The Kier molecular flexibility index (Phi) is 8.73. The molecule has 34 heavy (non-hydrogen) atoms. The van der Waals surface area contributed by atoms with E-state index in [4.69, 9.17) is 9.47 Å². The average molecular weight is 482 g/mol. The highest BCUT2D eigenvalue weighted by atomic mass is 32.1. The highest BCUT2D eigenvalue weighted by molar-refractivity contribution is 7.12. The maximum atomic E-state index is 5.63. The molecule has 1 atom stereocenters. The molecule has 2 aromatic heterocycles. The van der Waals surface area contributed by atoms with Crippen molar-refractivity contribution in [1.29, 1.82) is 0 Å². The summed E-state index contributed by atoms with van der Waals surface area (Å²) in [4.78, 5) is 5.11. The predicted octanol–water partition coefficient (Wildman–Crippen LogP) is 4.58. The largest absolute Gasteiger partial charge is 0.493 e. The van der Waals surface area contributed by atoms with Crippen LogP contribution in [0.5, 0.6) is 5.75 Å². The SMILES string of the molecule is C/C=C\C(Nn1cnnc1Cc1ccc2c(c1)CCO2)c1ccc(CN2CCOCC2)s1.CC. The van der Waals surface area contributed by atoms with Gasteiger partial charge in [-0.3, -0.25) is 4.90 Å². The molecule has 0 aliphatic carbocycles. The number of ether oxygens (including phenoxy) is 2. The molecule has 4 heterocycles. The molecule has 1 N–H and O–H groups in total. The Bertz CT molecular complexity index is 1070. The van der Waals surface area contributed by atoms with E-state index in [1.54, 1.807) is 6.33 Å². The summed E-state index contributed by atoms with van der Waals surface area (Å²) < 4.78 is 13.1. The van der Waals surface area contributed by atoms with Gasteiger partial charge in [0.2, 0.25) is 0 Å². The third-order valence-corrected chi connectivity index (χ3v) is 7.02. The number of allylic oxidation sites excluding steroid dienone is 1. The molecule has 7 nitrogen and oxygen atoms in total. The molecule has 1 unspecified atom stereocenters. The van der Waals surface area contributed by atoms with Crippen molar-refractivity contribution in [1.82, 2.24) is 19.8 Å². The molecule has 0 spiro atoms. The van der Waals surface area contributed by atoms with Crippen LogP contribution in [0.2, 0.25) is 0 Å². The number of nitrogens with one attached hydrogen (secondary N) is 1. The third kappa shape index (κ3) is 6.05. The fourth-order valence-corrected chi connectivity index (χ4v) is 5.27. The lowest BCUT2D eigenvalue weighted by Crippen LogP contribution is -2.35. The maximum Gasteiger partial charge on any atom is 0.156 e. The molecular formula is C26H35N5O2S. The Morgan fingerprint density at radius 2 is 2.00 bits per heavy atom. The van der Waals surface area contributed by atoms with E-state index < -0.39 is 0 Å². The Labute approximate surface area is 206 Å². The number of benzene rings is 1. The van der Waals surface area contributed by atoms with Crippen LogP contribution in [-0.4, -0.2) is 52.7 Å². The molecule has 1 fully saturated rings. The van der Waals surface area contributed by atoms with Gasteiger partial charge in [0, 0.05) is 42.2 Å². The topological polar surface area (TPSA) is 64.4 Å². The van der Waals surface area contributed by atoms with E-state index in [9.17, 15) is 0 Å². The minimum Gasteiger partial charge on any atom is -0.493 e. The van der Waals surface area contributed by atoms with Crippen molar-refractivity contribution >= 4 is 11.3 Å². The number of hydrogen-bond donors (Lipinski definition) is 1. The van der Waals surface area contributed by atoms with E-state index in [0.29, 0.717) is 0 Å². The van der Waals surface area contributed by atoms with Gasteiger partial charge in [0.1, 0.15) is 12.1 Å². The first-order chi connectivity index (χ1) is 16.8. The first-order valence-electron chi connectivity index (χ1n) is 12.2. The van der Waals surface area contributed by atoms with Gasteiger partial charge < -0.3 is 14.9 Å². The number of fused-ring (bicyclic) bond motifs is 1. The lowest BCUT2D eigenvalue weighted by atomic mass is 10.1. The van der Waals surface area contributed by atoms with Gasteiger partial charge in [-0.1, -0.05) is 38.1 Å². The summed E-state index contributed by atoms with van der Waals surface area (Å²) in [5.41, 5.74) is 6.09. The number of nitrogens with zero attached hydrogens (tertiary/aromatic N) is 4. The van der Waals surface area contributed by atoms with Crippen molar-refractivity contribution in [3.63, 3.8) is 0 Å². The van der Waals surface area contributed by atoms with Crippen molar-refractivity contribution < 1.29 is 9.47 Å². The zero-order valence-electron chi connectivity index (χ0n) is 20.4. The number of aromatic nitrogens is 3. The van der Waals surface area contributed by atoms with Crippen LogP contribution in [0.3, 0.4) is 0 Å². The van der Waals surface area contributed by atoms with Crippen LogP contribution in [0.1, 0.15) is 53.5 Å². The summed E-state index contributed by atoms with van der Waals surface area (Å²) in [5.74, 6) is 1.90. The monoisotopic (exact) mass is 481 g/mol. The average Bonchev–Trinajstić information content (AvgIpc) is 3.62. The molecule has 8 heteroatoms. The molecular weight excluding hydrogens is 446 g/mol. The van der Waals surface area contributed by atoms with Gasteiger partial charge in [-0.25, -0.2) is 4.68 Å². The third-order valence-electron chi connectivity index (χ3n) is 5.87. The summed E-state index contributed by atoms with van der Waals surface area (Å²) >= 11 is 1.86. The molecule has 5 rings (SSSR count). The van der Waals surface area contributed by atoms with Gasteiger partial charge in [0.25, 0.3) is 0 Å². The van der Waals surface area contributed by atoms with Crippen molar-refractivity contribution in [2.24, 2.45) is 0 Å². The van der Waals surface area contributed by atoms with Crippen molar-refractivity contribution in [3.05, 3.63) is 75.5 Å². The zero-order chi connectivity index (χ0) is 23.8. The molecule has 1 saturated heterocycles. The Hall–Kier alpha value is -2.68. The lowest BCUT2D eigenvalue weighted by molar-refractivity contribution is 0.0346. The number of thiophene rings is 1. The highest BCUT2D eigenvalue weighted by Gasteiger charge is 2.17. The Morgan fingerprint density at radius 1 is 1.15 bits per heavy atom. The fourth-order valence-electron chi connectivity index (χ4n) is 4.19. The summed E-state index contributed by atoms with van der Waals surface area (Å²) in [6.07, 6.45) is 7.72. The van der Waals surface area contributed by atoms with Crippen LogP contribution in [0.4, 0.5) is 0 Å². The van der Waals surface area contributed by atoms with Gasteiger partial charge >= 0.3 is 0 Å². The normalized spacial score (nSPS) is 16.6. The summed E-state index contributed by atoms with van der Waals surface area (Å²) in [7, 11) is 0. The summed E-state index contributed by atoms with van der Waals surface area (Å²) in [6.45, 7) is 11.5. The zero-order valence-corrected chi connectivity index (χ0v) is 21.2. The second kappa shape index (κ2) is 12.1. The van der Waals surface area contributed by atoms with E-state index in [1.807, 2.05) is 29.9 Å². The van der Waals surface area contributed by atoms with Crippen LogP contribution in [0.15, 0.2) is 48.8 Å². The van der Waals surface area contributed by atoms with Crippen LogP contribution in [0, 0.1) is 0 Å². The Balaban J connectivity index is 0.00000133. The molecule has 2 aliphatic heterocycles. The van der Waals surface area contributed by atoms with Crippen molar-refractivity contribution in [3.8, 4) is 5.75 Å². The van der Waals surface area contributed by atoms with Gasteiger partial charge in [0.05, 0.1) is 25.9 Å². The molecule has 182 valence electrons. The fraction of sp³-hybridized carbons (Fsp3) is 0.462. The number of morpholine rings is 1. The van der Waals surface area contributed by atoms with Crippen LogP contribution in [-0.2, 0) is 24.1 Å². The van der Waals surface area contributed by atoms with Gasteiger partial charge in [0.15, 0.2) is 5.82 Å². The molecule has 2 aliphatic rings. The molecule has 1 aromatic carbocycles. The minimum absolute atomic E-state index is 0.0617. The minimum atomic E-state index is 0.0617. The van der Waals surface area contributed by atoms with E-state index in [-0.39, 0.29) is 6.04 Å². The van der Waals surface area contributed by atoms with E-state index in [2.05, 4.69) is 69.9 Å². The second-order valence-corrected chi connectivity index (χ2v) is 9.36. The van der Waals surface area contributed by atoms with Crippen LogP contribution < -0.4 is 10.2 Å². The predicted molar refractivity (Wildman–Crippen MR) is 137 cm³/mol. The number of rotatable bonds is 8. The Morgan fingerprint density at radius 3 is 2.82 bits per heavy atom. The van der Waals surface area contributed by atoms with Gasteiger partial charge in [-0.05, 0) is 36.2 Å². The van der Waals surface area contributed by atoms with Crippen LogP contribution >= 0.6 is 11.3 Å². The molecule has 0 amide bonds. The maximum absolute atomic E-state index is 5.63. The smallest absolute Gasteiger partial charge is 0.156 e. The molecule has 3 aromatic rings. The molecule has 0 saturated carbocycles. The second-order valence-electron chi connectivity index (χ2n) is 8.16. The van der Waals surface area contributed by atoms with E-state index >= 15 is 0 Å². The standard InChI is InChI=1S/C24H29N5O2S.C2H6/c1-2-3-21(23-7-5-20(32-23)16-28-9-12-30-13-10-28)27-29-17-25-26-24(29)15-18-4-6-22-19(14-18)8-11-31-22;1-2/h2-7,14,17,21,27H,8-13,15-16H2,1H3;1-2H3/b3-2-;. The van der Waals surface area contributed by atoms with Gasteiger partial charge in [-0.2, -0.15) is 0 Å². The summed E-state index contributed by atoms with van der Waals surface area (Å²) in [5, 5.41) is 8.54. The molecule has 0 radical (unpaired) electrons. The van der Waals surface area contributed by atoms with Gasteiger partial charge in [-0.15, -0.1) is 21.5 Å². The van der Waals surface area contributed by atoms with E-state index in [0.717, 1.165) is 63.9 Å². The molecule has 0 bridgehead atoms. The highest BCUT2D eigenvalue weighted by Crippen LogP contribution is 2.28. The lowest BCUT2D eigenvalue weighted by Gasteiger charge is -2.25. The quantitative estimate of drug-likeness (QED) is 0.475. The van der Waals surface area contributed by atoms with Crippen molar-refractivity contribution in [2.45, 2.75) is 46.2 Å². The number of hydrogen-bond acceptors (Lipinski definition) is 7. The first-order valence-corrected chi connectivity index (χ1v) is 13.0. The van der Waals surface area contributed by atoms with Crippen LogP contribution in [0.25, 0.3) is 0 Å². The summed E-state index contributed by atoms with van der Waals surface area (Å²) in [6, 6.07) is 10.9.